The van der Waals surface area contributed by atoms with Crippen molar-refractivity contribution in [3.8, 4) is 6.19 Å². The molecule has 0 radical (unpaired) electrons. The number of nitriles is 1. The van der Waals surface area contributed by atoms with Crippen molar-refractivity contribution in [2.24, 2.45) is 4.99 Å². The van der Waals surface area contributed by atoms with Crippen LogP contribution in [0.25, 0.3) is 11.2 Å². The second kappa shape index (κ2) is 7.07. The van der Waals surface area contributed by atoms with Crippen LogP contribution < -0.4 is 10.3 Å². The molecule has 0 aliphatic heterocycles. The number of hydrogen-bond acceptors (Lipinski definition) is 7. The number of aliphatic hydroxyl groups is 2. The highest BCUT2D eigenvalue weighted by atomic mass is 16.7. The monoisotopic (exact) mass is 380 g/mol. The van der Waals surface area contributed by atoms with Crippen LogP contribution in [-0.2, 0) is 6.61 Å². The molecule has 3 aromatic rings. The molecule has 1 aliphatic rings. The van der Waals surface area contributed by atoms with Crippen LogP contribution in [0.3, 0.4) is 0 Å². The van der Waals surface area contributed by atoms with Crippen LogP contribution in [-0.4, -0.2) is 41.2 Å². The number of imidazole rings is 1. The molecule has 1 aliphatic carbocycles. The highest BCUT2D eigenvalue weighted by Crippen LogP contribution is 2.38. The number of benzene rings is 1. The summed E-state index contributed by atoms with van der Waals surface area (Å²) in [5.41, 5.74) is 0.981. The average Bonchev–Trinajstić information content (AvgIpc) is 3.22. The maximum atomic E-state index is 10.3. The third-order valence-corrected chi connectivity index (χ3v) is 5.10. The van der Waals surface area contributed by atoms with E-state index in [1.54, 1.807) is 24.0 Å². The van der Waals surface area contributed by atoms with E-state index in [0.717, 1.165) is 5.56 Å². The van der Waals surface area contributed by atoms with Crippen molar-refractivity contribution in [2.75, 3.05) is 0 Å². The Kier molecular flexibility index (Phi) is 4.58. The zero-order chi connectivity index (χ0) is 19.7. The highest BCUT2D eigenvalue weighted by Gasteiger charge is 2.42. The van der Waals surface area contributed by atoms with E-state index in [1.807, 2.05) is 30.3 Å². The minimum Gasteiger partial charge on any atom is -0.406 e. The van der Waals surface area contributed by atoms with Crippen molar-refractivity contribution >= 4 is 11.2 Å². The molecule has 28 heavy (non-hydrogen) atoms. The van der Waals surface area contributed by atoms with Gasteiger partial charge in [0.2, 0.25) is 11.7 Å². The zero-order valence-electron chi connectivity index (χ0n) is 15.3. The number of hydrogen-bond donors (Lipinski definition) is 2. The lowest BCUT2D eigenvalue weighted by atomic mass is 10.0. The number of aromatic nitrogens is 4. The van der Waals surface area contributed by atoms with Crippen molar-refractivity contribution in [2.45, 2.75) is 44.1 Å². The first-order chi connectivity index (χ1) is 13.5. The van der Waals surface area contributed by atoms with Gasteiger partial charge in [-0.15, -0.1) is 4.99 Å². The van der Waals surface area contributed by atoms with E-state index in [1.165, 1.54) is 11.1 Å². The van der Waals surface area contributed by atoms with Gasteiger partial charge in [-0.3, -0.25) is 0 Å². The Morgan fingerprint density at radius 1 is 1.32 bits per heavy atom. The Morgan fingerprint density at radius 3 is 2.79 bits per heavy atom. The average molecular weight is 380 g/mol. The fourth-order valence-corrected chi connectivity index (χ4v) is 3.56. The molecule has 0 spiro atoms. The van der Waals surface area contributed by atoms with Gasteiger partial charge in [-0.05, 0) is 25.3 Å². The van der Waals surface area contributed by atoms with Crippen molar-refractivity contribution in [3.05, 3.63) is 54.0 Å². The maximum absolute atomic E-state index is 10.3. The van der Waals surface area contributed by atoms with E-state index in [-0.39, 0.29) is 18.1 Å². The standard InChI is InChI=1S/C19H20N6O3/c1-19(27)8-14(7-15(19)26)24-11-22-16-17(24)23-12-25(18(16)21-10-20)28-9-13-5-3-2-4-6-13/h2-6,11-12,14-15,26-27H,7-9H2,1H3/t14-,15-,19+/m0/s1. The predicted octanol–water partition coefficient (Wildman–Crippen LogP) is 0.690. The molecule has 9 heteroatoms. The molecule has 9 nitrogen and oxygen atoms in total. The largest absolute Gasteiger partial charge is 0.406 e. The van der Waals surface area contributed by atoms with Gasteiger partial charge in [-0.2, -0.15) is 9.99 Å². The quantitative estimate of drug-likeness (QED) is 0.642. The van der Waals surface area contributed by atoms with Gasteiger partial charge in [0.05, 0.1) is 18.0 Å². The van der Waals surface area contributed by atoms with Gasteiger partial charge in [0.15, 0.2) is 11.2 Å². The molecule has 0 unspecified atom stereocenters. The molecule has 4 rings (SSSR count). The Morgan fingerprint density at radius 2 is 2.11 bits per heavy atom. The third-order valence-electron chi connectivity index (χ3n) is 5.10. The van der Waals surface area contributed by atoms with Gasteiger partial charge in [0.25, 0.3) is 0 Å². The summed E-state index contributed by atoms with van der Waals surface area (Å²) in [4.78, 5) is 18.4. The van der Waals surface area contributed by atoms with Crippen LogP contribution in [0.15, 0.2) is 48.0 Å². The summed E-state index contributed by atoms with van der Waals surface area (Å²) in [6, 6.07) is 9.46. The first-order valence-corrected chi connectivity index (χ1v) is 8.94. The Hall–Kier alpha value is -3.22. The van der Waals surface area contributed by atoms with E-state index in [9.17, 15) is 10.2 Å². The Bertz CT molecular complexity index is 1100. The summed E-state index contributed by atoms with van der Waals surface area (Å²) < 4.78 is 3.13. The van der Waals surface area contributed by atoms with E-state index < -0.39 is 11.7 Å². The molecular formula is C19H20N6O3. The fourth-order valence-electron chi connectivity index (χ4n) is 3.56. The van der Waals surface area contributed by atoms with E-state index >= 15 is 0 Å². The zero-order valence-corrected chi connectivity index (χ0v) is 15.3. The van der Waals surface area contributed by atoms with Crippen LogP contribution in [0.4, 0.5) is 0 Å². The minimum absolute atomic E-state index is 0.154. The molecular weight excluding hydrogens is 360 g/mol. The maximum Gasteiger partial charge on any atom is 0.211 e. The number of nitrogens with zero attached hydrogens (tertiary/aromatic N) is 6. The third kappa shape index (κ3) is 3.24. The minimum atomic E-state index is -1.16. The first-order valence-electron chi connectivity index (χ1n) is 8.94. The lowest BCUT2D eigenvalue weighted by Crippen LogP contribution is -2.33. The van der Waals surface area contributed by atoms with Gasteiger partial charge in [-0.25, -0.2) is 9.97 Å². The summed E-state index contributed by atoms with van der Waals surface area (Å²) in [6.45, 7) is 1.90. The smallest absolute Gasteiger partial charge is 0.211 e. The molecule has 0 saturated heterocycles. The summed E-state index contributed by atoms with van der Waals surface area (Å²) >= 11 is 0. The van der Waals surface area contributed by atoms with Crippen molar-refractivity contribution < 1.29 is 15.1 Å². The van der Waals surface area contributed by atoms with Crippen molar-refractivity contribution in [3.63, 3.8) is 0 Å². The van der Waals surface area contributed by atoms with Gasteiger partial charge in [0.1, 0.15) is 12.9 Å². The molecule has 3 atom stereocenters. The summed E-state index contributed by atoms with van der Waals surface area (Å²) in [5.74, 6) is 0. The topological polar surface area (TPSA) is 121 Å². The van der Waals surface area contributed by atoms with Gasteiger partial charge >= 0.3 is 0 Å². The molecule has 2 heterocycles. The SMILES string of the molecule is C[C@@]1(O)C[C@@H](n2cnc3c(=NC#N)n(OCc4ccccc4)cnc32)C[C@@H]1O. The number of fused-ring (bicyclic) bond motifs is 1. The Labute approximate surface area is 160 Å². The van der Waals surface area contributed by atoms with E-state index in [2.05, 4.69) is 15.0 Å². The summed E-state index contributed by atoms with van der Waals surface area (Å²) in [5, 5.41) is 29.4. The lowest BCUT2D eigenvalue weighted by molar-refractivity contribution is -0.0385. The second-order valence-electron chi connectivity index (χ2n) is 7.16. The molecule has 1 aromatic carbocycles. The van der Waals surface area contributed by atoms with Gasteiger partial charge in [-0.1, -0.05) is 30.3 Å². The lowest BCUT2D eigenvalue weighted by Gasteiger charge is -2.20. The van der Waals surface area contributed by atoms with Crippen LogP contribution >= 0.6 is 0 Å². The number of rotatable bonds is 4. The second-order valence-corrected chi connectivity index (χ2v) is 7.16. The van der Waals surface area contributed by atoms with E-state index in [0.29, 0.717) is 24.0 Å². The van der Waals surface area contributed by atoms with Crippen LogP contribution in [0.5, 0.6) is 0 Å². The van der Waals surface area contributed by atoms with E-state index in [4.69, 9.17) is 10.1 Å². The molecule has 2 N–H and O–H groups in total. The van der Waals surface area contributed by atoms with Gasteiger partial charge in [0, 0.05) is 6.04 Å². The van der Waals surface area contributed by atoms with Crippen LogP contribution in [0.1, 0.15) is 31.4 Å². The van der Waals surface area contributed by atoms with Crippen LogP contribution in [0, 0.1) is 11.5 Å². The number of aliphatic hydroxyl groups excluding tert-OH is 1. The Balaban J connectivity index is 1.70. The van der Waals surface area contributed by atoms with Crippen LogP contribution in [0.2, 0.25) is 0 Å². The normalized spacial score (nSPS) is 25.1. The summed E-state index contributed by atoms with van der Waals surface area (Å²) in [6.07, 6.45) is 4.78. The summed E-state index contributed by atoms with van der Waals surface area (Å²) in [7, 11) is 0. The molecule has 0 amide bonds. The molecule has 0 bridgehead atoms. The van der Waals surface area contributed by atoms with Crippen molar-refractivity contribution in [1.82, 2.24) is 19.3 Å². The van der Waals surface area contributed by atoms with Gasteiger partial charge < -0.3 is 19.6 Å². The molecule has 2 aromatic heterocycles. The van der Waals surface area contributed by atoms with Crippen molar-refractivity contribution in [1.29, 1.82) is 5.26 Å². The first kappa shape index (κ1) is 18.2. The molecule has 144 valence electrons. The predicted molar refractivity (Wildman–Crippen MR) is 98.3 cm³/mol. The molecule has 1 saturated carbocycles. The fraction of sp³-hybridized carbons (Fsp3) is 0.368. The highest BCUT2D eigenvalue weighted by molar-refractivity contribution is 5.69. The molecule has 1 fully saturated rings.